The molecule has 0 spiro atoms. The standard InChI is InChI=1S/C13H12N2OS2/c14-10-1-2-11-12(7-10)16-13(15-11)18-6-4-9-3-5-17-8-9/h1-3,5,7-8H,4,6,14H2. The third-order valence-electron chi connectivity index (χ3n) is 2.59. The quantitative estimate of drug-likeness (QED) is 0.581. The van der Waals surface area contributed by atoms with E-state index in [1.807, 2.05) is 18.2 Å². The van der Waals surface area contributed by atoms with E-state index in [9.17, 15) is 0 Å². The molecule has 0 aliphatic carbocycles. The molecule has 0 amide bonds. The van der Waals surface area contributed by atoms with Gasteiger partial charge in [0, 0.05) is 17.5 Å². The van der Waals surface area contributed by atoms with Gasteiger partial charge in [0.15, 0.2) is 5.58 Å². The van der Waals surface area contributed by atoms with Crippen LogP contribution in [0.15, 0.2) is 44.7 Å². The Bertz CT molecular complexity index is 646. The minimum absolute atomic E-state index is 0.702. The molecule has 0 fully saturated rings. The highest BCUT2D eigenvalue weighted by Gasteiger charge is 2.06. The molecule has 92 valence electrons. The van der Waals surface area contributed by atoms with E-state index >= 15 is 0 Å². The van der Waals surface area contributed by atoms with Crippen molar-refractivity contribution in [3.63, 3.8) is 0 Å². The van der Waals surface area contributed by atoms with Gasteiger partial charge in [0.25, 0.3) is 5.22 Å². The summed E-state index contributed by atoms with van der Waals surface area (Å²) >= 11 is 3.37. The van der Waals surface area contributed by atoms with Gasteiger partial charge in [0.05, 0.1) is 0 Å². The van der Waals surface area contributed by atoms with Gasteiger partial charge in [-0.15, -0.1) is 0 Å². The molecule has 0 saturated heterocycles. The van der Waals surface area contributed by atoms with Crippen LogP contribution in [-0.4, -0.2) is 10.7 Å². The fraction of sp³-hybridized carbons (Fsp3) is 0.154. The maximum absolute atomic E-state index is 5.70. The van der Waals surface area contributed by atoms with Crippen molar-refractivity contribution in [1.82, 2.24) is 4.98 Å². The first-order valence-electron chi connectivity index (χ1n) is 5.61. The maximum atomic E-state index is 5.70. The van der Waals surface area contributed by atoms with Crippen molar-refractivity contribution in [2.24, 2.45) is 0 Å². The van der Waals surface area contributed by atoms with Crippen LogP contribution in [-0.2, 0) is 6.42 Å². The summed E-state index contributed by atoms with van der Waals surface area (Å²) in [6.07, 6.45) is 1.04. The van der Waals surface area contributed by atoms with Crippen LogP contribution in [0.25, 0.3) is 11.1 Å². The van der Waals surface area contributed by atoms with Crippen molar-refractivity contribution >= 4 is 39.9 Å². The molecule has 2 N–H and O–H groups in total. The van der Waals surface area contributed by atoms with Crippen molar-refractivity contribution in [2.45, 2.75) is 11.6 Å². The van der Waals surface area contributed by atoms with Crippen LogP contribution in [0, 0.1) is 0 Å². The second-order valence-electron chi connectivity index (χ2n) is 3.94. The molecule has 3 nitrogen and oxygen atoms in total. The number of anilines is 1. The summed E-state index contributed by atoms with van der Waals surface area (Å²) in [6, 6.07) is 7.69. The van der Waals surface area contributed by atoms with Gasteiger partial charge in [-0.1, -0.05) is 11.8 Å². The number of hydrogen-bond acceptors (Lipinski definition) is 5. The van der Waals surface area contributed by atoms with Gasteiger partial charge in [-0.3, -0.25) is 0 Å². The molecule has 0 aliphatic rings. The second-order valence-corrected chi connectivity index (χ2v) is 5.76. The van der Waals surface area contributed by atoms with E-state index in [2.05, 4.69) is 21.8 Å². The van der Waals surface area contributed by atoms with Gasteiger partial charge in [-0.2, -0.15) is 11.3 Å². The lowest BCUT2D eigenvalue weighted by atomic mass is 10.3. The monoisotopic (exact) mass is 276 g/mol. The highest BCUT2D eigenvalue weighted by molar-refractivity contribution is 7.99. The van der Waals surface area contributed by atoms with Crippen molar-refractivity contribution in [3.8, 4) is 0 Å². The molecular formula is C13H12N2OS2. The molecule has 0 saturated carbocycles. The maximum Gasteiger partial charge on any atom is 0.256 e. The number of rotatable bonds is 4. The van der Waals surface area contributed by atoms with Crippen LogP contribution in [0.5, 0.6) is 0 Å². The summed E-state index contributed by atoms with van der Waals surface area (Å²) in [6.45, 7) is 0. The van der Waals surface area contributed by atoms with Gasteiger partial charge >= 0.3 is 0 Å². The summed E-state index contributed by atoms with van der Waals surface area (Å²) in [7, 11) is 0. The van der Waals surface area contributed by atoms with Gasteiger partial charge in [-0.05, 0) is 40.9 Å². The normalized spacial score (nSPS) is 11.1. The first-order chi connectivity index (χ1) is 8.81. The van der Waals surface area contributed by atoms with Crippen molar-refractivity contribution in [3.05, 3.63) is 40.6 Å². The molecule has 0 aliphatic heterocycles. The lowest BCUT2D eigenvalue weighted by Crippen LogP contribution is -1.85. The number of hydrogen-bond donors (Lipinski definition) is 1. The number of nitrogen functional groups attached to an aromatic ring is 1. The molecule has 1 aromatic carbocycles. The van der Waals surface area contributed by atoms with Crippen molar-refractivity contribution in [1.29, 1.82) is 0 Å². The Morgan fingerprint density at radius 3 is 3.11 bits per heavy atom. The Labute approximate surface area is 113 Å². The lowest BCUT2D eigenvalue weighted by Gasteiger charge is -1.94. The number of thiophene rings is 1. The zero-order valence-electron chi connectivity index (χ0n) is 9.63. The largest absolute Gasteiger partial charge is 0.431 e. The number of nitrogens with two attached hydrogens (primary N) is 1. The van der Waals surface area contributed by atoms with Crippen LogP contribution in [0.1, 0.15) is 5.56 Å². The van der Waals surface area contributed by atoms with E-state index in [-0.39, 0.29) is 0 Å². The van der Waals surface area contributed by atoms with Crippen LogP contribution < -0.4 is 5.73 Å². The highest BCUT2D eigenvalue weighted by atomic mass is 32.2. The van der Waals surface area contributed by atoms with Gasteiger partial charge in [0.2, 0.25) is 0 Å². The van der Waals surface area contributed by atoms with Crippen LogP contribution in [0.4, 0.5) is 5.69 Å². The number of aromatic nitrogens is 1. The first kappa shape index (κ1) is 11.6. The van der Waals surface area contributed by atoms with E-state index in [4.69, 9.17) is 10.2 Å². The molecule has 0 bridgehead atoms. The van der Waals surface area contributed by atoms with Crippen LogP contribution in [0.2, 0.25) is 0 Å². The first-order valence-corrected chi connectivity index (χ1v) is 7.54. The molecule has 2 aromatic heterocycles. The smallest absolute Gasteiger partial charge is 0.256 e. The molecule has 2 heterocycles. The molecule has 0 atom stereocenters. The molecule has 0 radical (unpaired) electrons. The average molecular weight is 276 g/mol. The number of benzene rings is 1. The summed E-state index contributed by atoms with van der Waals surface area (Å²) in [5.74, 6) is 0.971. The van der Waals surface area contributed by atoms with E-state index in [0.717, 1.165) is 23.3 Å². The Hall–Kier alpha value is -1.46. The third kappa shape index (κ3) is 2.52. The van der Waals surface area contributed by atoms with Crippen molar-refractivity contribution in [2.75, 3.05) is 11.5 Å². The Kier molecular flexibility index (Phi) is 3.25. The summed E-state index contributed by atoms with van der Waals surface area (Å²) in [4.78, 5) is 4.42. The number of aryl methyl sites for hydroxylation is 1. The van der Waals surface area contributed by atoms with Gasteiger partial charge < -0.3 is 10.2 Å². The molecule has 0 unspecified atom stereocenters. The molecule has 3 aromatic rings. The van der Waals surface area contributed by atoms with E-state index < -0.39 is 0 Å². The average Bonchev–Trinajstić information content (AvgIpc) is 2.97. The number of fused-ring (bicyclic) bond motifs is 1. The predicted octanol–water partition coefficient (Wildman–Crippen LogP) is 3.81. The topological polar surface area (TPSA) is 52.0 Å². The SMILES string of the molecule is Nc1ccc2nc(SCCc3ccsc3)oc2c1. The lowest BCUT2D eigenvalue weighted by molar-refractivity contribution is 0.489. The zero-order chi connectivity index (χ0) is 12.4. The van der Waals surface area contributed by atoms with Gasteiger partial charge in [-0.25, -0.2) is 4.98 Å². The molecule has 18 heavy (non-hydrogen) atoms. The minimum Gasteiger partial charge on any atom is -0.431 e. The fourth-order valence-corrected chi connectivity index (χ4v) is 3.20. The Balaban J connectivity index is 1.67. The molecule has 3 rings (SSSR count). The zero-order valence-corrected chi connectivity index (χ0v) is 11.3. The highest BCUT2D eigenvalue weighted by Crippen LogP contribution is 2.25. The molecule has 5 heteroatoms. The molecular weight excluding hydrogens is 264 g/mol. The number of nitrogens with zero attached hydrogens (tertiary/aromatic N) is 1. The third-order valence-corrected chi connectivity index (χ3v) is 4.15. The van der Waals surface area contributed by atoms with E-state index in [1.54, 1.807) is 23.1 Å². The fourth-order valence-electron chi connectivity index (χ4n) is 1.67. The summed E-state index contributed by atoms with van der Waals surface area (Å²) in [5, 5.41) is 4.99. The van der Waals surface area contributed by atoms with Crippen LogP contribution >= 0.6 is 23.1 Å². The Morgan fingerprint density at radius 2 is 2.28 bits per heavy atom. The Morgan fingerprint density at radius 1 is 1.33 bits per heavy atom. The number of oxazole rings is 1. The summed E-state index contributed by atoms with van der Waals surface area (Å²) in [5.41, 5.74) is 9.40. The number of thioether (sulfide) groups is 1. The van der Waals surface area contributed by atoms with Crippen LogP contribution in [0.3, 0.4) is 0 Å². The summed E-state index contributed by atoms with van der Waals surface area (Å²) < 4.78 is 5.64. The van der Waals surface area contributed by atoms with Gasteiger partial charge in [0.1, 0.15) is 5.52 Å². The van der Waals surface area contributed by atoms with E-state index in [0.29, 0.717) is 10.9 Å². The minimum atomic E-state index is 0.702. The van der Waals surface area contributed by atoms with E-state index in [1.165, 1.54) is 5.56 Å². The predicted molar refractivity (Wildman–Crippen MR) is 77.2 cm³/mol. The second kappa shape index (κ2) is 5.04. The van der Waals surface area contributed by atoms with Crippen molar-refractivity contribution < 1.29 is 4.42 Å².